The van der Waals surface area contributed by atoms with Crippen molar-refractivity contribution in [1.29, 1.82) is 0 Å². The van der Waals surface area contributed by atoms with Crippen molar-refractivity contribution in [1.82, 2.24) is 0 Å². The van der Waals surface area contributed by atoms with Crippen LogP contribution in [0.1, 0.15) is 26.7 Å². The van der Waals surface area contributed by atoms with Gasteiger partial charge in [-0.25, -0.2) is 4.58 Å². The molecule has 0 amide bonds. The summed E-state index contributed by atoms with van der Waals surface area (Å²) >= 11 is 1.88. The van der Waals surface area contributed by atoms with E-state index < -0.39 is 0 Å². The first-order chi connectivity index (χ1) is 5.94. The Morgan fingerprint density at radius 1 is 1.31 bits per heavy atom. The normalized spacial score (nSPS) is 21.3. The van der Waals surface area contributed by atoms with Crippen molar-refractivity contribution in [2.45, 2.75) is 26.7 Å². The average Bonchev–Trinajstić information content (AvgIpc) is 2.01. The zero-order valence-electron chi connectivity index (χ0n) is 9.35. The van der Waals surface area contributed by atoms with Gasteiger partial charge in [0.25, 0.3) is 0 Å². The molecule has 0 saturated heterocycles. The standard InChI is InChI=1S/C11H20NS/c1-11(2)7-9(12(3)4)6-10(8-11)13-5/h6H,7-8H2,1-5H3/q+1. The lowest BCUT2D eigenvalue weighted by Gasteiger charge is -2.28. The summed E-state index contributed by atoms with van der Waals surface area (Å²) < 4.78 is 2.23. The van der Waals surface area contributed by atoms with Gasteiger partial charge in [0.1, 0.15) is 14.1 Å². The Balaban J connectivity index is 2.98. The minimum Gasteiger partial charge on any atom is -0.239 e. The van der Waals surface area contributed by atoms with Crippen LogP contribution in [0.2, 0.25) is 0 Å². The first kappa shape index (κ1) is 10.8. The maximum absolute atomic E-state index is 2.35. The Labute approximate surface area is 85.9 Å². The van der Waals surface area contributed by atoms with Gasteiger partial charge >= 0.3 is 0 Å². The molecule has 1 rings (SSSR count). The Morgan fingerprint density at radius 3 is 2.38 bits per heavy atom. The fourth-order valence-electron chi connectivity index (χ4n) is 1.73. The molecule has 0 aromatic heterocycles. The molecule has 0 spiro atoms. The van der Waals surface area contributed by atoms with Crippen molar-refractivity contribution < 1.29 is 4.58 Å². The summed E-state index contributed by atoms with van der Waals surface area (Å²) in [4.78, 5) is 1.51. The van der Waals surface area contributed by atoms with Gasteiger partial charge in [-0.1, -0.05) is 13.8 Å². The number of allylic oxidation sites excluding steroid dienone is 2. The van der Waals surface area contributed by atoms with Crippen LogP contribution < -0.4 is 0 Å². The highest BCUT2D eigenvalue weighted by Crippen LogP contribution is 2.37. The Kier molecular flexibility index (Phi) is 3.23. The molecule has 1 nitrogen and oxygen atoms in total. The highest BCUT2D eigenvalue weighted by molar-refractivity contribution is 8.02. The van der Waals surface area contributed by atoms with Crippen molar-refractivity contribution in [3.8, 4) is 0 Å². The second kappa shape index (κ2) is 3.87. The molecule has 74 valence electrons. The lowest BCUT2D eigenvalue weighted by atomic mass is 9.80. The predicted octanol–water partition coefficient (Wildman–Crippen LogP) is 2.77. The van der Waals surface area contributed by atoms with Crippen molar-refractivity contribution >= 4 is 17.5 Å². The van der Waals surface area contributed by atoms with Gasteiger partial charge < -0.3 is 0 Å². The Morgan fingerprint density at radius 2 is 1.92 bits per heavy atom. The lowest BCUT2D eigenvalue weighted by molar-refractivity contribution is -0.465. The monoisotopic (exact) mass is 198 g/mol. The summed E-state index contributed by atoms with van der Waals surface area (Å²) in [7, 11) is 4.26. The maximum Gasteiger partial charge on any atom is 0.176 e. The molecule has 0 bridgehead atoms. The van der Waals surface area contributed by atoms with Gasteiger partial charge in [0.15, 0.2) is 5.71 Å². The van der Waals surface area contributed by atoms with Crippen LogP contribution >= 0.6 is 11.8 Å². The number of hydrogen-bond acceptors (Lipinski definition) is 1. The first-order valence-electron chi connectivity index (χ1n) is 4.72. The van der Waals surface area contributed by atoms with Crippen molar-refractivity contribution in [2.24, 2.45) is 5.41 Å². The van der Waals surface area contributed by atoms with E-state index in [2.05, 4.69) is 44.9 Å². The third-order valence-electron chi connectivity index (χ3n) is 2.48. The summed E-state index contributed by atoms with van der Waals surface area (Å²) in [6, 6.07) is 0. The zero-order chi connectivity index (χ0) is 10.1. The minimum atomic E-state index is 0.437. The number of nitrogens with zero attached hydrogens (tertiary/aromatic N) is 1. The molecule has 13 heavy (non-hydrogen) atoms. The van der Waals surface area contributed by atoms with E-state index in [4.69, 9.17) is 0 Å². The van der Waals surface area contributed by atoms with Crippen LogP contribution in [0.4, 0.5) is 0 Å². The molecule has 0 aromatic carbocycles. The summed E-state index contributed by atoms with van der Waals surface area (Å²) in [6.07, 6.45) is 6.94. The molecule has 0 heterocycles. The quantitative estimate of drug-likeness (QED) is 0.586. The van der Waals surface area contributed by atoms with E-state index >= 15 is 0 Å². The second-order valence-corrected chi connectivity index (χ2v) is 5.65. The van der Waals surface area contributed by atoms with Gasteiger partial charge in [0.05, 0.1) is 0 Å². The summed E-state index contributed by atoms with van der Waals surface area (Å²) in [5, 5.41) is 0. The third kappa shape index (κ3) is 2.87. The van der Waals surface area contributed by atoms with Crippen molar-refractivity contribution in [3.05, 3.63) is 11.0 Å². The highest BCUT2D eigenvalue weighted by Gasteiger charge is 2.29. The van der Waals surface area contributed by atoms with E-state index in [1.807, 2.05) is 11.8 Å². The van der Waals surface area contributed by atoms with Crippen LogP contribution in [0.3, 0.4) is 0 Å². The molecule has 0 aliphatic heterocycles. The minimum absolute atomic E-state index is 0.437. The molecular weight excluding hydrogens is 178 g/mol. The largest absolute Gasteiger partial charge is 0.239 e. The van der Waals surface area contributed by atoms with E-state index in [9.17, 15) is 0 Å². The highest BCUT2D eigenvalue weighted by atomic mass is 32.2. The van der Waals surface area contributed by atoms with E-state index in [0.29, 0.717) is 5.41 Å². The fourth-order valence-corrected chi connectivity index (χ4v) is 2.52. The molecule has 0 atom stereocenters. The van der Waals surface area contributed by atoms with Gasteiger partial charge in [-0.15, -0.1) is 11.8 Å². The van der Waals surface area contributed by atoms with E-state index in [1.165, 1.54) is 23.5 Å². The molecule has 0 aromatic rings. The molecule has 1 aliphatic carbocycles. The van der Waals surface area contributed by atoms with Crippen LogP contribution in [-0.4, -0.2) is 30.6 Å². The maximum atomic E-state index is 2.35. The molecule has 0 fully saturated rings. The van der Waals surface area contributed by atoms with Crippen LogP contribution in [0.15, 0.2) is 11.0 Å². The molecule has 0 saturated carbocycles. The summed E-state index contributed by atoms with van der Waals surface area (Å²) in [5.41, 5.74) is 1.90. The van der Waals surface area contributed by atoms with Crippen LogP contribution in [0.25, 0.3) is 0 Å². The molecule has 0 N–H and O–H groups in total. The van der Waals surface area contributed by atoms with Crippen LogP contribution in [0.5, 0.6) is 0 Å². The number of rotatable bonds is 1. The van der Waals surface area contributed by atoms with Crippen molar-refractivity contribution in [2.75, 3.05) is 20.4 Å². The van der Waals surface area contributed by atoms with E-state index in [0.717, 1.165) is 0 Å². The van der Waals surface area contributed by atoms with Gasteiger partial charge in [0.2, 0.25) is 0 Å². The fraction of sp³-hybridized carbons (Fsp3) is 0.727. The molecule has 0 unspecified atom stereocenters. The van der Waals surface area contributed by atoms with Gasteiger partial charge in [0, 0.05) is 12.5 Å². The number of hydrogen-bond donors (Lipinski definition) is 0. The molecular formula is C11H20NS+. The van der Waals surface area contributed by atoms with E-state index in [-0.39, 0.29) is 0 Å². The van der Waals surface area contributed by atoms with Gasteiger partial charge in [-0.2, -0.15) is 0 Å². The smallest absolute Gasteiger partial charge is 0.176 e. The molecule has 1 aliphatic rings. The van der Waals surface area contributed by atoms with Crippen LogP contribution in [0, 0.1) is 5.41 Å². The van der Waals surface area contributed by atoms with Crippen LogP contribution in [-0.2, 0) is 0 Å². The Bertz CT molecular complexity index is 257. The Hall–Kier alpha value is -0.240. The van der Waals surface area contributed by atoms with Crippen molar-refractivity contribution in [3.63, 3.8) is 0 Å². The summed E-state index contributed by atoms with van der Waals surface area (Å²) in [5.74, 6) is 0. The molecule has 2 heteroatoms. The van der Waals surface area contributed by atoms with E-state index in [1.54, 1.807) is 0 Å². The van der Waals surface area contributed by atoms with Gasteiger partial charge in [-0.3, -0.25) is 0 Å². The number of thioether (sulfide) groups is 1. The average molecular weight is 198 g/mol. The lowest BCUT2D eigenvalue weighted by Crippen LogP contribution is -2.25. The molecule has 0 radical (unpaired) electrons. The second-order valence-electron chi connectivity index (χ2n) is 4.72. The summed E-state index contributed by atoms with van der Waals surface area (Å²) in [6.45, 7) is 4.69. The first-order valence-corrected chi connectivity index (χ1v) is 5.95. The third-order valence-corrected chi connectivity index (χ3v) is 3.26. The van der Waals surface area contributed by atoms with Gasteiger partial charge in [-0.05, 0) is 23.0 Å². The predicted molar refractivity (Wildman–Crippen MR) is 61.7 cm³/mol. The zero-order valence-corrected chi connectivity index (χ0v) is 10.2. The SMILES string of the molecule is CSC1=CC(=[N+](C)C)CC(C)(C)C1. The topological polar surface area (TPSA) is 3.01 Å².